The molecule has 4 aliphatic rings. The quantitative estimate of drug-likeness (QED) is 0.101. The first kappa shape index (κ1) is 44.8. The molecule has 0 aromatic carbocycles. The first-order valence-electron chi connectivity index (χ1n) is 19.9. The van der Waals surface area contributed by atoms with Crippen molar-refractivity contribution in [2.45, 2.75) is 200 Å². The molecule has 3 nitrogen and oxygen atoms in total. The largest absolute Gasteiger partial charge is 0.412 e. The van der Waals surface area contributed by atoms with E-state index >= 15 is 0 Å². The van der Waals surface area contributed by atoms with Gasteiger partial charge in [-0.05, 0) is 112 Å². The molecule has 4 rings (SSSR count). The van der Waals surface area contributed by atoms with E-state index in [1.54, 1.807) is 76.7 Å². The Bertz CT molecular complexity index is 673. The van der Waals surface area contributed by atoms with Crippen molar-refractivity contribution in [3.05, 3.63) is 12.7 Å². The maximum atomic E-state index is 3.97. The summed E-state index contributed by atoms with van der Waals surface area (Å²) >= 11 is 0. The zero-order valence-electron chi connectivity index (χ0n) is 31.3. The molecule has 270 valence electrons. The van der Waals surface area contributed by atoms with Crippen molar-refractivity contribution in [1.82, 2.24) is 0 Å². The molecular weight excluding hydrogens is 569 g/mol. The van der Waals surface area contributed by atoms with Crippen LogP contribution >= 0.6 is 0 Å². The van der Waals surface area contributed by atoms with E-state index in [1.807, 2.05) is 0 Å². The van der Waals surface area contributed by atoms with Gasteiger partial charge >= 0.3 is 0 Å². The summed E-state index contributed by atoms with van der Waals surface area (Å²) in [4.78, 5) is 0. The van der Waals surface area contributed by atoms with Gasteiger partial charge in [-0.1, -0.05) is 142 Å². The molecule has 0 bridgehead atoms. The second kappa shape index (κ2) is 24.9. The molecule has 45 heavy (non-hydrogen) atoms. The Hall–Kier alpha value is -0.163. The molecule has 0 radical (unpaired) electrons. The number of unbranched alkanes of at least 4 members (excludes halogenated alkanes) is 4. The average molecular weight is 653 g/mol. The van der Waals surface area contributed by atoms with Gasteiger partial charge in [-0.15, -0.1) is 6.58 Å². The van der Waals surface area contributed by atoms with Crippen LogP contribution in [-0.4, -0.2) is 24.5 Å². The highest BCUT2D eigenvalue weighted by Crippen LogP contribution is 2.44. The molecule has 0 amide bonds. The Kier molecular flexibility index (Phi) is 24.8. The molecule has 6 N–H and O–H groups in total. The highest BCUT2D eigenvalue weighted by molar-refractivity contribution is 6.76. The Morgan fingerprint density at radius 3 is 1.07 bits per heavy atom. The predicted molar refractivity (Wildman–Crippen MR) is 204 cm³/mol. The molecule has 0 heterocycles. The highest BCUT2D eigenvalue weighted by Gasteiger charge is 2.32. The van der Waals surface area contributed by atoms with Crippen molar-refractivity contribution in [3.63, 3.8) is 0 Å². The molecule has 0 aliphatic heterocycles. The zero-order chi connectivity index (χ0) is 30.2. The van der Waals surface area contributed by atoms with Gasteiger partial charge in [0.15, 0.2) is 0 Å². The minimum atomic E-state index is -0.812. The van der Waals surface area contributed by atoms with Crippen LogP contribution in [0.4, 0.5) is 0 Å². The molecule has 0 aromatic heterocycles. The first-order chi connectivity index (χ1) is 20.3. The summed E-state index contributed by atoms with van der Waals surface area (Å²) in [7, 11) is -0.812. The summed E-state index contributed by atoms with van der Waals surface area (Å²) in [5.41, 5.74) is 0. The third-order valence-corrected chi connectivity index (χ3v) is 14.7. The minimum absolute atomic E-state index is 0. The fourth-order valence-electron chi connectivity index (χ4n) is 9.70. The fraction of sp³-hybridized carbons (Fsp3) is 0.951. The molecule has 4 fully saturated rings. The maximum absolute atomic E-state index is 3.97. The lowest BCUT2D eigenvalue weighted by Crippen LogP contribution is -2.27. The van der Waals surface area contributed by atoms with Crippen molar-refractivity contribution < 1.29 is 16.4 Å². The van der Waals surface area contributed by atoms with Crippen LogP contribution < -0.4 is 0 Å². The monoisotopic (exact) mass is 653 g/mol. The van der Waals surface area contributed by atoms with E-state index in [0.717, 1.165) is 47.3 Å². The van der Waals surface area contributed by atoms with Gasteiger partial charge in [0.25, 0.3) is 0 Å². The van der Waals surface area contributed by atoms with Crippen LogP contribution in [0.2, 0.25) is 25.7 Å². The lowest BCUT2D eigenvalue weighted by atomic mass is 9.68. The molecule has 0 aromatic rings. The van der Waals surface area contributed by atoms with Crippen LogP contribution in [0, 0.1) is 47.3 Å². The molecule has 0 atom stereocenters. The van der Waals surface area contributed by atoms with Gasteiger partial charge in [-0.25, -0.2) is 0 Å². The van der Waals surface area contributed by atoms with Gasteiger partial charge in [0.1, 0.15) is 0 Å². The van der Waals surface area contributed by atoms with E-state index in [-0.39, 0.29) is 16.4 Å². The zero-order valence-corrected chi connectivity index (χ0v) is 32.3. The Labute approximate surface area is 283 Å². The fourth-order valence-corrected chi connectivity index (χ4v) is 11.0. The molecular formula is C41H84O3Si. The Morgan fingerprint density at radius 2 is 0.778 bits per heavy atom. The van der Waals surface area contributed by atoms with Crippen LogP contribution in [0.25, 0.3) is 0 Å². The van der Waals surface area contributed by atoms with Gasteiger partial charge in [-0.2, -0.15) is 0 Å². The van der Waals surface area contributed by atoms with Crippen LogP contribution in [0.15, 0.2) is 12.7 Å². The molecule has 0 saturated heterocycles. The van der Waals surface area contributed by atoms with E-state index in [2.05, 4.69) is 46.1 Å². The second-order valence-corrected chi connectivity index (χ2v) is 23.0. The Balaban J connectivity index is 0.000000818. The maximum Gasteiger partial charge on any atom is 0.0442 e. The second-order valence-electron chi connectivity index (χ2n) is 17.3. The highest BCUT2D eigenvalue weighted by atomic mass is 28.3. The topological polar surface area (TPSA) is 94.5 Å². The lowest BCUT2D eigenvalue weighted by Gasteiger charge is -2.38. The molecule has 0 unspecified atom stereocenters. The van der Waals surface area contributed by atoms with Crippen LogP contribution in [-0.2, 0) is 0 Å². The van der Waals surface area contributed by atoms with Crippen molar-refractivity contribution in [1.29, 1.82) is 0 Å². The summed E-state index contributed by atoms with van der Waals surface area (Å²) in [6, 6.07) is 1.56. The average Bonchev–Trinajstić information content (AvgIpc) is 3.01. The summed E-state index contributed by atoms with van der Waals surface area (Å²) in [6.45, 7) is 16.2. The normalized spacial score (nSPS) is 32.0. The first-order valence-corrected chi connectivity index (χ1v) is 23.6. The van der Waals surface area contributed by atoms with Gasteiger partial charge < -0.3 is 16.4 Å². The van der Waals surface area contributed by atoms with Crippen molar-refractivity contribution in [2.24, 2.45) is 47.3 Å². The van der Waals surface area contributed by atoms with Crippen LogP contribution in [0.5, 0.6) is 0 Å². The lowest BCUT2D eigenvalue weighted by molar-refractivity contribution is 0.141. The SMILES string of the molecule is C=CC1CCC(C2CCC(CCCCC)CC2)CC1.CCCCCC1CCC(C2CCC(CC[Si](C)(C)C)CC2)CC1.O.O.O. The molecule has 4 heteroatoms. The van der Waals surface area contributed by atoms with Gasteiger partial charge in [-0.3, -0.25) is 0 Å². The van der Waals surface area contributed by atoms with Crippen molar-refractivity contribution >= 4 is 8.07 Å². The predicted octanol–water partition coefficient (Wildman–Crippen LogP) is 11.8. The summed E-state index contributed by atoms with van der Waals surface area (Å²) in [6.07, 6.45) is 39.9. The van der Waals surface area contributed by atoms with Gasteiger partial charge in [0.2, 0.25) is 0 Å². The third kappa shape index (κ3) is 17.7. The van der Waals surface area contributed by atoms with Gasteiger partial charge in [0.05, 0.1) is 0 Å². The van der Waals surface area contributed by atoms with Crippen LogP contribution in [0.1, 0.15) is 174 Å². The molecule has 0 spiro atoms. The van der Waals surface area contributed by atoms with Crippen molar-refractivity contribution in [2.75, 3.05) is 0 Å². The standard InChI is InChI=1S/C22H44Si.C19H34.3H2O/c1-5-6-7-8-19-9-13-21(14-10-19)22-15-11-20(12-16-22)17-18-23(2,3)4;1-3-5-6-7-17-10-14-19(15-11-17)18-12-8-16(4-2)9-13-18;;;/h19-22H,5-18H2,1-4H3;4,16-19H,2-3,5-15H2,1H3;3*1H2. The van der Waals surface area contributed by atoms with Crippen LogP contribution in [0.3, 0.4) is 0 Å². The number of rotatable bonds is 14. The van der Waals surface area contributed by atoms with E-state index in [4.69, 9.17) is 0 Å². The number of hydrogen-bond donors (Lipinski definition) is 0. The third-order valence-electron chi connectivity index (χ3n) is 12.9. The molecule has 4 saturated carbocycles. The van der Waals surface area contributed by atoms with E-state index in [9.17, 15) is 0 Å². The summed E-state index contributed by atoms with van der Waals surface area (Å²) in [5.74, 6) is 8.44. The van der Waals surface area contributed by atoms with Crippen molar-refractivity contribution in [3.8, 4) is 0 Å². The summed E-state index contributed by atoms with van der Waals surface area (Å²) < 4.78 is 0. The van der Waals surface area contributed by atoms with E-state index in [1.165, 1.54) is 89.9 Å². The van der Waals surface area contributed by atoms with E-state index in [0.29, 0.717) is 0 Å². The smallest absolute Gasteiger partial charge is 0.0442 e. The minimum Gasteiger partial charge on any atom is -0.412 e. The van der Waals surface area contributed by atoms with E-state index < -0.39 is 8.07 Å². The number of hydrogen-bond acceptors (Lipinski definition) is 0. The molecule has 4 aliphatic carbocycles. The Morgan fingerprint density at radius 1 is 0.467 bits per heavy atom. The summed E-state index contributed by atoms with van der Waals surface area (Å²) in [5, 5.41) is 0. The number of allylic oxidation sites excluding steroid dienone is 1. The van der Waals surface area contributed by atoms with Gasteiger partial charge in [0, 0.05) is 8.07 Å².